The molecule has 0 saturated heterocycles. The minimum Gasteiger partial charge on any atom is -0.506 e. The number of ether oxygens (including phenoxy) is 1. The van der Waals surface area contributed by atoms with Crippen LogP contribution in [0.2, 0.25) is 0 Å². The molecule has 1 aliphatic heterocycles. The number of aliphatic carboxylic acids is 1. The Hall–Kier alpha value is -3.66. The molecule has 2 heterocycles. The molecule has 0 unspecified atom stereocenters. The van der Waals surface area contributed by atoms with Gasteiger partial charge in [-0.2, -0.15) is 0 Å². The van der Waals surface area contributed by atoms with Crippen molar-refractivity contribution in [3.05, 3.63) is 62.6 Å². The molecule has 10 heteroatoms. The predicted octanol–water partition coefficient (Wildman–Crippen LogP) is 0.145. The van der Waals surface area contributed by atoms with Gasteiger partial charge >= 0.3 is 11.9 Å². The lowest BCUT2D eigenvalue weighted by Gasteiger charge is -2.16. The molecule has 28 heavy (non-hydrogen) atoms. The number of nitrogens with one attached hydrogen (secondary N) is 1. The highest BCUT2D eigenvalue weighted by Crippen LogP contribution is 2.30. The lowest BCUT2D eigenvalue weighted by molar-refractivity contribution is -0.135. The van der Waals surface area contributed by atoms with Gasteiger partial charge < -0.3 is 29.9 Å². The second-order valence-corrected chi connectivity index (χ2v) is 6.07. The van der Waals surface area contributed by atoms with E-state index in [1.54, 1.807) is 12.1 Å². The van der Waals surface area contributed by atoms with Gasteiger partial charge in [-0.15, -0.1) is 0 Å². The maximum atomic E-state index is 12.9. The second kappa shape index (κ2) is 7.53. The number of carboxylic acids is 2. The molecule has 0 atom stereocenters. The molecule has 0 aliphatic carbocycles. The quantitative estimate of drug-likeness (QED) is 0.545. The maximum Gasteiger partial charge on any atom is 0.336 e. The Kier molecular flexibility index (Phi) is 5.14. The third kappa shape index (κ3) is 3.45. The van der Waals surface area contributed by atoms with Crippen LogP contribution < -0.4 is 10.9 Å². The van der Waals surface area contributed by atoms with Crippen molar-refractivity contribution in [3.63, 3.8) is 0 Å². The zero-order valence-corrected chi connectivity index (χ0v) is 14.5. The number of benzene rings is 1. The number of hydrogen-bond acceptors (Lipinski definition) is 6. The highest BCUT2D eigenvalue weighted by Gasteiger charge is 2.29. The largest absolute Gasteiger partial charge is 0.506 e. The number of fused-ring (bicyclic) bond motifs is 1. The smallest absolute Gasteiger partial charge is 0.336 e. The predicted molar refractivity (Wildman–Crippen MR) is 93.3 cm³/mol. The van der Waals surface area contributed by atoms with Crippen LogP contribution in [0.15, 0.2) is 29.1 Å². The molecule has 2 aromatic rings. The van der Waals surface area contributed by atoms with E-state index in [9.17, 15) is 29.4 Å². The average Bonchev–Trinajstić information content (AvgIpc) is 3.13. The SMILES string of the molecule is O=C(O)CNC(=O)c1c(O)c2c(n(Cc3ccccc3C(=O)O)c1=O)COC2. The van der Waals surface area contributed by atoms with Gasteiger partial charge in [-0.25, -0.2) is 4.79 Å². The Balaban J connectivity index is 2.12. The highest BCUT2D eigenvalue weighted by atomic mass is 16.5. The molecule has 0 fully saturated rings. The molecule has 0 bridgehead atoms. The van der Waals surface area contributed by atoms with E-state index < -0.39 is 41.3 Å². The van der Waals surface area contributed by atoms with Crippen LogP contribution in [0.3, 0.4) is 0 Å². The summed E-state index contributed by atoms with van der Waals surface area (Å²) in [6, 6.07) is 6.09. The van der Waals surface area contributed by atoms with Crippen LogP contribution in [0.1, 0.15) is 37.5 Å². The zero-order valence-electron chi connectivity index (χ0n) is 14.5. The number of amides is 1. The molecule has 1 aromatic heterocycles. The molecule has 0 saturated carbocycles. The molecule has 10 nitrogen and oxygen atoms in total. The van der Waals surface area contributed by atoms with E-state index in [1.165, 1.54) is 16.7 Å². The normalized spacial score (nSPS) is 12.4. The molecular formula is C18H16N2O8. The van der Waals surface area contributed by atoms with Crippen molar-refractivity contribution >= 4 is 17.8 Å². The summed E-state index contributed by atoms with van der Waals surface area (Å²) in [6.07, 6.45) is 0. The molecule has 3 rings (SSSR count). The van der Waals surface area contributed by atoms with Crippen LogP contribution in [0.25, 0.3) is 0 Å². The summed E-state index contributed by atoms with van der Waals surface area (Å²) < 4.78 is 6.44. The van der Waals surface area contributed by atoms with Crippen molar-refractivity contribution in [2.45, 2.75) is 19.8 Å². The van der Waals surface area contributed by atoms with Crippen LogP contribution in [-0.4, -0.2) is 44.3 Å². The number of carboxylic acid groups (broad SMARTS) is 2. The summed E-state index contributed by atoms with van der Waals surface area (Å²) in [5, 5.41) is 30.5. The van der Waals surface area contributed by atoms with Crippen LogP contribution >= 0.6 is 0 Å². The van der Waals surface area contributed by atoms with Crippen LogP contribution in [0.4, 0.5) is 0 Å². The fourth-order valence-corrected chi connectivity index (χ4v) is 3.03. The van der Waals surface area contributed by atoms with Gasteiger partial charge in [0.05, 0.1) is 31.0 Å². The van der Waals surface area contributed by atoms with E-state index in [0.29, 0.717) is 11.3 Å². The van der Waals surface area contributed by atoms with Gasteiger partial charge in [0.15, 0.2) is 0 Å². The molecule has 146 valence electrons. The summed E-state index contributed by atoms with van der Waals surface area (Å²) in [7, 11) is 0. The third-order valence-corrected chi connectivity index (χ3v) is 4.34. The van der Waals surface area contributed by atoms with Crippen LogP contribution in [0, 0.1) is 0 Å². The van der Waals surface area contributed by atoms with E-state index in [-0.39, 0.29) is 30.9 Å². The zero-order chi connectivity index (χ0) is 20.4. The van der Waals surface area contributed by atoms with Crippen molar-refractivity contribution < 1.29 is 34.4 Å². The first-order valence-electron chi connectivity index (χ1n) is 8.17. The average molecular weight is 388 g/mol. The van der Waals surface area contributed by atoms with Crippen molar-refractivity contribution in [1.29, 1.82) is 0 Å². The van der Waals surface area contributed by atoms with Crippen molar-refractivity contribution in [1.82, 2.24) is 9.88 Å². The fraction of sp³-hybridized carbons (Fsp3) is 0.222. The molecule has 0 radical (unpaired) electrons. The van der Waals surface area contributed by atoms with Crippen molar-refractivity contribution in [2.24, 2.45) is 0 Å². The monoisotopic (exact) mass is 388 g/mol. The number of aromatic carboxylic acids is 1. The number of rotatable bonds is 6. The van der Waals surface area contributed by atoms with E-state index in [4.69, 9.17) is 9.84 Å². The van der Waals surface area contributed by atoms with Gasteiger partial charge in [-0.3, -0.25) is 14.4 Å². The maximum absolute atomic E-state index is 12.9. The minimum absolute atomic E-state index is 0.00436. The summed E-state index contributed by atoms with van der Waals surface area (Å²) in [5.74, 6) is -4.09. The number of carbonyl (C=O) groups is 3. The highest BCUT2D eigenvalue weighted by molar-refractivity contribution is 5.98. The standard InChI is InChI=1S/C18H16N2O8/c21-13(22)5-19-16(24)14-15(23)11-7-28-8-12(11)20(17(14)25)6-9-3-1-2-4-10(9)18(26)27/h1-4,23H,5-8H2,(H,19,24)(H,21,22)(H,26,27). The topological polar surface area (TPSA) is 155 Å². The van der Waals surface area contributed by atoms with Gasteiger partial charge in [-0.1, -0.05) is 18.2 Å². The summed E-state index contributed by atoms with van der Waals surface area (Å²) in [5.41, 5.74) is -0.603. The lowest BCUT2D eigenvalue weighted by atomic mass is 10.1. The first kappa shape index (κ1) is 19.1. The Morgan fingerprint density at radius 1 is 1.14 bits per heavy atom. The second-order valence-electron chi connectivity index (χ2n) is 6.07. The number of hydrogen-bond donors (Lipinski definition) is 4. The van der Waals surface area contributed by atoms with Gasteiger partial charge in [-0.05, 0) is 11.6 Å². The molecule has 1 aromatic carbocycles. The van der Waals surface area contributed by atoms with Gasteiger partial charge in [0.2, 0.25) is 0 Å². The molecule has 0 spiro atoms. The Labute approximate surface area is 157 Å². The van der Waals surface area contributed by atoms with E-state index in [1.807, 2.05) is 5.32 Å². The first-order valence-corrected chi connectivity index (χ1v) is 8.17. The van der Waals surface area contributed by atoms with E-state index in [2.05, 4.69) is 0 Å². The van der Waals surface area contributed by atoms with Crippen LogP contribution in [-0.2, 0) is 29.3 Å². The van der Waals surface area contributed by atoms with E-state index >= 15 is 0 Å². The summed E-state index contributed by atoms with van der Waals surface area (Å²) >= 11 is 0. The Morgan fingerprint density at radius 3 is 2.54 bits per heavy atom. The van der Waals surface area contributed by atoms with Gasteiger partial charge in [0.25, 0.3) is 11.5 Å². The van der Waals surface area contributed by atoms with Gasteiger partial charge in [0, 0.05) is 5.56 Å². The number of aromatic hydroxyl groups is 1. The summed E-state index contributed by atoms with van der Waals surface area (Å²) in [6.45, 7) is -0.925. The van der Waals surface area contributed by atoms with Crippen LogP contribution in [0.5, 0.6) is 5.75 Å². The molecule has 4 N–H and O–H groups in total. The summed E-state index contributed by atoms with van der Waals surface area (Å²) in [4.78, 5) is 47.3. The van der Waals surface area contributed by atoms with Crippen molar-refractivity contribution in [2.75, 3.05) is 6.54 Å². The number of aromatic nitrogens is 1. The third-order valence-electron chi connectivity index (χ3n) is 4.34. The molecule has 1 aliphatic rings. The van der Waals surface area contributed by atoms with Crippen molar-refractivity contribution in [3.8, 4) is 5.75 Å². The van der Waals surface area contributed by atoms with Gasteiger partial charge in [0.1, 0.15) is 17.9 Å². The fourth-order valence-electron chi connectivity index (χ4n) is 3.03. The minimum atomic E-state index is -1.31. The van der Waals surface area contributed by atoms with E-state index in [0.717, 1.165) is 0 Å². The Bertz CT molecular complexity index is 1040. The first-order chi connectivity index (χ1) is 13.3. The Morgan fingerprint density at radius 2 is 1.86 bits per heavy atom. The molecular weight excluding hydrogens is 372 g/mol. The molecule has 1 amide bonds. The lowest BCUT2D eigenvalue weighted by Crippen LogP contribution is -2.37. The number of pyridine rings is 1. The number of nitrogens with zero attached hydrogens (tertiary/aromatic N) is 1. The number of carbonyl (C=O) groups excluding carboxylic acids is 1.